The Hall–Kier alpha value is -1.21. The lowest BCUT2D eigenvalue weighted by Crippen LogP contribution is -2.31. The molecule has 0 heterocycles. The van der Waals surface area contributed by atoms with Crippen molar-refractivity contribution in [2.45, 2.75) is 25.8 Å². The molecule has 0 unspecified atom stereocenters. The van der Waals surface area contributed by atoms with Crippen LogP contribution in [0.4, 0.5) is 13.2 Å². The second kappa shape index (κ2) is 6.11. The lowest BCUT2D eigenvalue weighted by Gasteiger charge is -2.15. The van der Waals surface area contributed by atoms with Crippen molar-refractivity contribution in [3.8, 4) is 5.75 Å². The Labute approximate surface area is 116 Å². The molecule has 0 amide bonds. The maximum Gasteiger partial charge on any atom is 0.488 e. The zero-order valence-electron chi connectivity index (χ0n) is 17.7. The minimum atomic E-state index is -5.17. The lowest BCUT2D eigenvalue weighted by atomic mass is 9.79. The van der Waals surface area contributed by atoms with E-state index in [1.165, 1.54) is 0 Å². The number of hydrogen-bond acceptors (Lipinski definition) is 3. The van der Waals surface area contributed by atoms with Gasteiger partial charge in [-0.3, -0.25) is 0 Å². The largest absolute Gasteiger partial charge is 0.493 e. The summed E-state index contributed by atoms with van der Waals surface area (Å²) in [7, 11) is -2.28. The van der Waals surface area contributed by atoms with Crippen molar-refractivity contribution in [1.82, 2.24) is 0 Å². The molecule has 0 atom stereocenters. The third-order valence-electron chi connectivity index (χ3n) is 1.88. The second-order valence-corrected chi connectivity index (χ2v) is 3.08. The molecular weight excluding hydrogens is 248 g/mol. The average molecular weight is 271 g/mol. The molecule has 2 N–H and O–H groups in total. The van der Waals surface area contributed by atoms with Gasteiger partial charge in [-0.15, -0.1) is 0 Å². The van der Waals surface area contributed by atoms with Crippen LogP contribution in [0.2, 0.25) is 0 Å². The van der Waals surface area contributed by atoms with Crippen molar-refractivity contribution in [3.63, 3.8) is 0 Å². The average Bonchev–Trinajstić information content (AvgIpc) is 2.44. The van der Waals surface area contributed by atoms with E-state index in [-0.39, 0.29) is 6.07 Å². The molecular formula is C11H14BF3O3. The predicted molar refractivity (Wildman–Crippen MR) is 61.7 cm³/mol. The molecule has 0 saturated heterocycles. The highest BCUT2D eigenvalue weighted by Crippen LogP contribution is 2.35. The molecule has 0 aliphatic carbocycles. The van der Waals surface area contributed by atoms with Gasteiger partial charge in [0.15, 0.2) is 0 Å². The highest BCUT2D eigenvalue weighted by atomic mass is 19.4. The van der Waals surface area contributed by atoms with Crippen LogP contribution in [0.1, 0.15) is 37.5 Å². The van der Waals surface area contributed by atoms with Crippen LogP contribution in [0.5, 0.6) is 5.75 Å². The normalized spacial score (nSPS) is 21.9. The Morgan fingerprint density at radius 2 is 2.17 bits per heavy atom. The summed E-state index contributed by atoms with van der Waals surface area (Å²) < 4.78 is 110. The van der Waals surface area contributed by atoms with E-state index in [4.69, 9.17) is 22.4 Å². The van der Waals surface area contributed by atoms with Gasteiger partial charge in [0.05, 0.1) is 14.9 Å². The molecule has 0 fully saturated rings. The smallest absolute Gasteiger partial charge is 0.488 e. The minimum Gasteiger partial charge on any atom is -0.493 e. The highest BCUT2D eigenvalue weighted by Gasteiger charge is 2.35. The minimum absolute atomic E-state index is 0.226. The molecule has 100 valence electrons. The van der Waals surface area contributed by atoms with Crippen molar-refractivity contribution < 1.29 is 40.3 Å². The Balaban J connectivity index is 3.45. The van der Waals surface area contributed by atoms with E-state index in [2.05, 4.69) is 4.74 Å². The molecule has 0 bridgehead atoms. The SMILES string of the molecule is [2H]C([2H])([2H])C([2H])([2H])C([2H])([2H])C([2H])([2H])Oc1ccc(B(O)O)cc1C(F)(F)F. The summed E-state index contributed by atoms with van der Waals surface area (Å²) in [6.07, 6.45) is -12.9. The monoisotopic (exact) mass is 271 g/mol. The molecule has 18 heavy (non-hydrogen) atoms. The molecule has 1 rings (SSSR count). The number of halogens is 3. The predicted octanol–water partition coefficient (Wildman–Crippen LogP) is 1.56. The first-order valence-electron chi connectivity index (χ1n) is 9.02. The molecule has 1 aromatic rings. The fourth-order valence-corrected chi connectivity index (χ4v) is 1.12. The van der Waals surface area contributed by atoms with Gasteiger partial charge in [-0.05, 0) is 24.0 Å². The molecule has 0 spiro atoms. The van der Waals surface area contributed by atoms with Crippen LogP contribution >= 0.6 is 0 Å². The molecule has 3 nitrogen and oxygen atoms in total. The third-order valence-corrected chi connectivity index (χ3v) is 1.88. The molecule has 0 saturated carbocycles. The first-order chi connectivity index (χ1) is 11.8. The van der Waals surface area contributed by atoms with E-state index >= 15 is 0 Å². The summed E-state index contributed by atoms with van der Waals surface area (Å²) in [5.74, 6) is -1.29. The molecule has 1 aromatic carbocycles. The van der Waals surface area contributed by atoms with Crippen molar-refractivity contribution >= 4 is 12.6 Å². The number of hydrogen-bond donors (Lipinski definition) is 2. The number of alkyl halides is 3. The number of benzene rings is 1. The Morgan fingerprint density at radius 1 is 1.44 bits per heavy atom. The maximum atomic E-state index is 13.2. The van der Waals surface area contributed by atoms with Crippen LogP contribution in [0.15, 0.2) is 18.2 Å². The highest BCUT2D eigenvalue weighted by molar-refractivity contribution is 6.58. The van der Waals surface area contributed by atoms with Crippen LogP contribution in [-0.4, -0.2) is 23.7 Å². The first kappa shape index (κ1) is 6.30. The topological polar surface area (TPSA) is 49.7 Å². The van der Waals surface area contributed by atoms with Gasteiger partial charge in [0, 0.05) is 9.60 Å². The van der Waals surface area contributed by atoms with Gasteiger partial charge >= 0.3 is 13.3 Å². The number of rotatable bonds is 5. The van der Waals surface area contributed by atoms with Crippen molar-refractivity contribution in [3.05, 3.63) is 23.8 Å². The van der Waals surface area contributed by atoms with E-state index in [1.807, 2.05) is 0 Å². The lowest BCUT2D eigenvalue weighted by molar-refractivity contribution is -0.138. The number of ether oxygens (including phenoxy) is 1. The first-order valence-corrected chi connectivity index (χ1v) is 4.52. The molecule has 0 aliphatic rings. The fourth-order valence-electron chi connectivity index (χ4n) is 1.12. The van der Waals surface area contributed by atoms with Crippen molar-refractivity contribution in [1.29, 1.82) is 0 Å². The summed E-state index contributed by atoms with van der Waals surface area (Å²) in [6.45, 7) is -7.49. The van der Waals surface area contributed by atoms with Crippen molar-refractivity contribution in [2.75, 3.05) is 6.56 Å². The fraction of sp³-hybridized carbons (Fsp3) is 0.455. The summed E-state index contributed by atoms with van der Waals surface area (Å²) in [4.78, 5) is 0. The Bertz CT molecular complexity index is 692. The van der Waals surface area contributed by atoms with E-state index in [1.54, 1.807) is 0 Å². The molecule has 0 aliphatic heterocycles. The quantitative estimate of drug-likeness (QED) is 0.799. The van der Waals surface area contributed by atoms with Gasteiger partial charge in [0.25, 0.3) is 0 Å². The zero-order chi connectivity index (χ0) is 21.6. The van der Waals surface area contributed by atoms with Gasteiger partial charge in [-0.25, -0.2) is 0 Å². The van der Waals surface area contributed by atoms with Gasteiger partial charge in [0.1, 0.15) is 5.75 Å². The van der Waals surface area contributed by atoms with Gasteiger partial charge < -0.3 is 14.8 Å². The Kier molecular flexibility index (Phi) is 2.14. The van der Waals surface area contributed by atoms with E-state index < -0.39 is 56.2 Å². The summed E-state index contributed by atoms with van der Waals surface area (Å²) in [5.41, 5.74) is -2.31. The molecule has 0 aromatic heterocycles. The summed E-state index contributed by atoms with van der Waals surface area (Å²) in [5, 5.41) is 17.9. The van der Waals surface area contributed by atoms with Crippen LogP contribution in [0.3, 0.4) is 0 Å². The standard InChI is InChI=1S/C11H14BF3O3/c1-2-3-6-18-10-5-4-8(12(16)17)7-9(10)11(13,14)15/h4-5,7,16-17H,2-3,6H2,1H3/i1D3,2D2,3D2,6D2. The second-order valence-electron chi connectivity index (χ2n) is 3.08. The van der Waals surface area contributed by atoms with Crippen LogP contribution in [0.25, 0.3) is 0 Å². The van der Waals surface area contributed by atoms with Crippen molar-refractivity contribution in [2.24, 2.45) is 0 Å². The van der Waals surface area contributed by atoms with E-state index in [0.717, 1.165) is 6.07 Å². The molecule has 7 heteroatoms. The van der Waals surface area contributed by atoms with Gasteiger partial charge in [-0.2, -0.15) is 13.2 Å². The maximum absolute atomic E-state index is 13.2. The van der Waals surface area contributed by atoms with Crippen LogP contribution < -0.4 is 10.2 Å². The van der Waals surface area contributed by atoms with Crippen LogP contribution in [-0.2, 0) is 6.18 Å². The van der Waals surface area contributed by atoms with E-state index in [0.29, 0.717) is 6.07 Å². The van der Waals surface area contributed by atoms with Gasteiger partial charge in [0.2, 0.25) is 0 Å². The zero-order valence-corrected chi connectivity index (χ0v) is 8.75. The van der Waals surface area contributed by atoms with Crippen LogP contribution in [0, 0.1) is 0 Å². The summed E-state index contributed by atoms with van der Waals surface area (Å²) >= 11 is 0. The van der Waals surface area contributed by atoms with E-state index in [9.17, 15) is 13.2 Å². The molecule has 0 radical (unpaired) electrons. The third kappa shape index (κ3) is 3.92. The van der Waals surface area contributed by atoms with Gasteiger partial charge in [-0.1, -0.05) is 19.3 Å². The summed E-state index contributed by atoms with van der Waals surface area (Å²) in [6, 6.07) is 1.44. The Morgan fingerprint density at radius 3 is 2.72 bits per heavy atom.